The summed E-state index contributed by atoms with van der Waals surface area (Å²) in [5.41, 5.74) is 2.56. The van der Waals surface area contributed by atoms with Crippen LogP contribution in [0.4, 0.5) is 5.69 Å². The lowest BCUT2D eigenvalue weighted by Crippen LogP contribution is -2.46. The number of hydrogen-bond acceptors (Lipinski definition) is 4. The third-order valence-corrected chi connectivity index (χ3v) is 5.61. The van der Waals surface area contributed by atoms with Gasteiger partial charge in [-0.15, -0.1) is 0 Å². The number of benzene rings is 2. The minimum absolute atomic E-state index is 0.0387. The molecule has 0 aliphatic carbocycles. The average molecular weight is 395 g/mol. The van der Waals surface area contributed by atoms with Crippen LogP contribution in [-0.2, 0) is 4.74 Å². The van der Waals surface area contributed by atoms with Crippen LogP contribution in [0.25, 0.3) is 0 Å². The molecular formula is C24H30N2O3. The summed E-state index contributed by atoms with van der Waals surface area (Å²) < 4.78 is 12.0. The number of carbonyl (C=O) groups excluding carboxylic acids is 1. The Morgan fingerprint density at radius 1 is 1.17 bits per heavy atom. The van der Waals surface area contributed by atoms with Crippen LogP contribution in [0.3, 0.4) is 0 Å². The van der Waals surface area contributed by atoms with E-state index in [1.165, 1.54) is 0 Å². The van der Waals surface area contributed by atoms with Crippen molar-refractivity contribution in [3.8, 4) is 5.75 Å². The molecule has 0 saturated carbocycles. The first-order valence-electron chi connectivity index (χ1n) is 10.6. The molecule has 5 nitrogen and oxygen atoms in total. The third kappa shape index (κ3) is 4.40. The summed E-state index contributed by atoms with van der Waals surface area (Å²) in [6.45, 7) is 6.40. The van der Waals surface area contributed by atoms with Crippen molar-refractivity contribution in [2.75, 3.05) is 25.1 Å². The zero-order chi connectivity index (χ0) is 20.2. The largest absolute Gasteiger partial charge is 0.493 e. The van der Waals surface area contributed by atoms with Crippen molar-refractivity contribution in [1.29, 1.82) is 0 Å². The lowest BCUT2D eigenvalue weighted by molar-refractivity contribution is 0.0424. The van der Waals surface area contributed by atoms with Crippen molar-refractivity contribution >= 4 is 11.6 Å². The van der Waals surface area contributed by atoms with Gasteiger partial charge >= 0.3 is 0 Å². The summed E-state index contributed by atoms with van der Waals surface area (Å²) >= 11 is 0. The lowest BCUT2D eigenvalue weighted by Gasteiger charge is -2.39. The van der Waals surface area contributed by atoms with Gasteiger partial charge in [0.2, 0.25) is 0 Å². The molecule has 2 heterocycles. The van der Waals surface area contributed by atoms with Gasteiger partial charge in [-0.25, -0.2) is 0 Å². The van der Waals surface area contributed by atoms with Crippen molar-refractivity contribution < 1.29 is 14.3 Å². The minimum atomic E-state index is -0.281. The Morgan fingerprint density at radius 2 is 1.97 bits per heavy atom. The van der Waals surface area contributed by atoms with Crippen molar-refractivity contribution in [2.24, 2.45) is 5.92 Å². The maximum Gasteiger partial charge on any atom is 0.257 e. The highest BCUT2D eigenvalue weighted by Gasteiger charge is 2.36. The van der Waals surface area contributed by atoms with Crippen LogP contribution >= 0.6 is 0 Å². The molecule has 154 valence electrons. The summed E-state index contributed by atoms with van der Waals surface area (Å²) in [5.74, 6) is 1.45. The zero-order valence-electron chi connectivity index (χ0n) is 17.3. The van der Waals surface area contributed by atoms with E-state index in [2.05, 4.69) is 19.2 Å². The number of nitrogens with zero attached hydrogens (tertiary/aromatic N) is 1. The first kappa shape index (κ1) is 19.8. The van der Waals surface area contributed by atoms with Crippen molar-refractivity contribution in [3.63, 3.8) is 0 Å². The van der Waals surface area contributed by atoms with Gasteiger partial charge in [-0.05, 0) is 43.4 Å². The zero-order valence-corrected chi connectivity index (χ0v) is 17.3. The maximum absolute atomic E-state index is 13.4. The van der Waals surface area contributed by atoms with Gasteiger partial charge in [0.15, 0.2) is 0 Å². The van der Waals surface area contributed by atoms with E-state index >= 15 is 0 Å². The van der Waals surface area contributed by atoms with E-state index in [1.807, 2.05) is 53.4 Å². The molecule has 2 unspecified atom stereocenters. The molecule has 2 aromatic carbocycles. The molecule has 2 aliphatic rings. The van der Waals surface area contributed by atoms with Crippen LogP contribution in [-0.4, -0.2) is 36.7 Å². The fourth-order valence-electron chi connectivity index (χ4n) is 3.98. The van der Waals surface area contributed by atoms with E-state index < -0.39 is 0 Å². The highest BCUT2D eigenvalue weighted by Crippen LogP contribution is 2.37. The molecule has 2 atom stereocenters. The number of fused-ring (bicyclic) bond motifs is 1. The fraction of sp³-hybridized carbons (Fsp3) is 0.458. The van der Waals surface area contributed by atoms with E-state index in [4.69, 9.17) is 9.47 Å². The van der Waals surface area contributed by atoms with E-state index in [0.717, 1.165) is 42.9 Å². The normalized spacial score (nSPS) is 21.2. The molecule has 1 amide bonds. The number of nitrogens with one attached hydrogen (secondary N) is 1. The third-order valence-electron chi connectivity index (χ3n) is 5.61. The van der Waals surface area contributed by atoms with Crippen LogP contribution in [0, 0.1) is 5.92 Å². The second-order valence-corrected chi connectivity index (χ2v) is 8.25. The van der Waals surface area contributed by atoms with E-state index in [9.17, 15) is 4.79 Å². The number of rotatable bonds is 7. The van der Waals surface area contributed by atoms with E-state index in [0.29, 0.717) is 24.6 Å². The number of amides is 1. The summed E-state index contributed by atoms with van der Waals surface area (Å²) in [5, 5.41) is 3.58. The topological polar surface area (TPSA) is 50.8 Å². The molecular weight excluding hydrogens is 364 g/mol. The molecule has 4 rings (SSSR count). The average Bonchev–Trinajstić information content (AvgIpc) is 3.23. The van der Waals surface area contributed by atoms with Gasteiger partial charge in [-0.3, -0.25) is 4.79 Å². The Hall–Kier alpha value is -2.53. The Balaban J connectivity index is 1.65. The standard InChI is InChI=1S/C24H30N2O3/c1-17(2)13-15-29-22-12-6-4-10-20(22)23-25-21-11-5-3-9-19(21)24(27)26(23)16-18-8-7-14-28-18/h3-6,9-12,17-18,23,25H,7-8,13-16H2,1-2H3. The van der Waals surface area contributed by atoms with Gasteiger partial charge in [0.1, 0.15) is 11.9 Å². The first-order chi connectivity index (χ1) is 14.1. The number of ether oxygens (including phenoxy) is 2. The number of para-hydroxylation sites is 2. The Kier molecular flexibility index (Phi) is 6.05. The van der Waals surface area contributed by atoms with Crippen molar-refractivity contribution in [2.45, 2.75) is 45.4 Å². The molecule has 0 radical (unpaired) electrons. The smallest absolute Gasteiger partial charge is 0.257 e. The van der Waals surface area contributed by atoms with Crippen LogP contribution in [0.2, 0.25) is 0 Å². The fourth-order valence-corrected chi connectivity index (χ4v) is 3.98. The first-order valence-corrected chi connectivity index (χ1v) is 10.6. The van der Waals surface area contributed by atoms with Gasteiger partial charge in [0.25, 0.3) is 5.91 Å². The molecule has 2 aromatic rings. The predicted molar refractivity (Wildman–Crippen MR) is 114 cm³/mol. The molecule has 1 N–H and O–H groups in total. The molecule has 29 heavy (non-hydrogen) atoms. The Labute approximate surface area is 173 Å². The van der Waals surface area contributed by atoms with E-state index in [1.54, 1.807) is 0 Å². The Bertz CT molecular complexity index is 846. The Morgan fingerprint density at radius 3 is 2.76 bits per heavy atom. The molecule has 2 aliphatic heterocycles. The molecule has 0 bridgehead atoms. The highest BCUT2D eigenvalue weighted by molar-refractivity contribution is 6.01. The molecule has 5 heteroatoms. The molecule has 1 saturated heterocycles. The van der Waals surface area contributed by atoms with E-state index in [-0.39, 0.29) is 18.2 Å². The summed E-state index contributed by atoms with van der Waals surface area (Å²) in [4.78, 5) is 15.3. The van der Waals surface area contributed by atoms with Gasteiger partial charge < -0.3 is 19.7 Å². The van der Waals surface area contributed by atoms with Gasteiger partial charge in [0.05, 0.1) is 18.3 Å². The lowest BCUT2D eigenvalue weighted by atomic mass is 10.0. The number of hydrogen-bond donors (Lipinski definition) is 1. The molecule has 0 aromatic heterocycles. The van der Waals surface area contributed by atoms with Crippen LogP contribution in [0.5, 0.6) is 5.75 Å². The van der Waals surface area contributed by atoms with Crippen molar-refractivity contribution in [1.82, 2.24) is 4.90 Å². The summed E-state index contributed by atoms with van der Waals surface area (Å²) in [6.07, 6.45) is 2.84. The predicted octanol–water partition coefficient (Wildman–Crippen LogP) is 4.86. The maximum atomic E-state index is 13.4. The summed E-state index contributed by atoms with van der Waals surface area (Å²) in [6, 6.07) is 15.7. The van der Waals surface area contributed by atoms with Gasteiger partial charge in [-0.1, -0.05) is 44.2 Å². The molecule has 1 fully saturated rings. The van der Waals surface area contributed by atoms with Crippen molar-refractivity contribution in [3.05, 3.63) is 59.7 Å². The molecule has 0 spiro atoms. The minimum Gasteiger partial charge on any atom is -0.493 e. The highest BCUT2D eigenvalue weighted by atomic mass is 16.5. The van der Waals surface area contributed by atoms with Gasteiger partial charge in [0, 0.05) is 24.4 Å². The second-order valence-electron chi connectivity index (χ2n) is 8.25. The van der Waals surface area contributed by atoms with Gasteiger partial charge in [-0.2, -0.15) is 0 Å². The second kappa shape index (κ2) is 8.87. The SMILES string of the molecule is CC(C)CCOc1ccccc1C1Nc2ccccc2C(=O)N1CC1CCCO1. The summed E-state index contributed by atoms with van der Waals surface area (Å²) in [7, 11) is 0. The van der Waals surface area contributed by atoms with Crippen LogP contribution in [0.15, 0.2) is 48.5 Å². The van der Waals surface area contributed by atoms with Crippen LogP contribution < -0.4 is 10.1 Å². The quantitative estimate of drug-likeness (QED) is 0.729. The van der Waals surface area contributed by atoms with Crippen LogP contribution in [0.1, 0.15) is 55.2 Å². The number of anilines is 1. The number of carbonyl (C=O) groups is 1. The monoisotopic (exact) mass is 394 g/mol.